The van der Waals surface area contributed by atoms with Crippen molar-refractivity contribution in [3.8, 4) is 0 Å². The van der Waals surface area contributed by atoms with Crippen molar-refractivity contribution >= 4 is 45.0 Å². The molecule has 0 saturated carbocycles. The smallest absolute Gasteiger partial charge is 0.240 e. The first kappa shape index (κ1) is 17.1. The lowest BCUT2D eigenvalue weighted by molar-refractivity contribution is -0.119. The van der Waals surface area contributed by atoms with Crippen LogP contribution in [0.4, 0.5) is 5.13 Å². The summed E-state index contributed by atoms with van der Waals surface area (Å²) < 4.78 is 6.56. The van der Waals surface area contributed by atoms with E-state index in [9.17, 15) is 4.79 Å². The van der Waals surface area contributed by atoms with Gasteiger partial charge in [-0.05, 0) is 12.1 Å². The zero-order valence-electron chi connectivity index (χ0n) is 12.0. The number of morpholine rings is 1. The predicted octanol–water partition coefficient (Wildman–Crippen LogP) is 1.32. The van der Waals surface area contributed by atoms with Crippen LogP contribution in [0, 0.1) is 0 Å². The first-order valence-corrected chi connectivity index (χ1v) is 7.75. The summed E-state index contributed by atoms with van der Waals surface area (Å²) in [6, 6.07) is 7.84. The third-order valence-electron chi connectivity index (χ3n) is 3.39. The standard InChI is InChI=1S/C14H18N4O2S.ClH/c15-7-10-8-18(5-6-20-10)9-13(19)17-14-16-11-3-1-2-4-12(11)21-14;/h1-4,10H,5-9,15H2,(H,16,17,19);1H. The minimum absolute atomic E-state index is 0. The fraction of sp³-hybridized carbons (Fsp3) is 0.429. The van der Waals surface area contributed by atoms with Crippen LogP contribution in [0.5, 0.6) is 0 Å². The van der Waals surface area contributed by atoms with Gasteiger partial charge in [0.25, 0.3) is 0 Å². The molecule has 6 nitrogen and oxygen atoms in total. The molecule has 3 N–H and O–H groups in total. The van der Waals surface area contributed by atoms with Crippen LogP contribution in [-0.4, -0.2) is 54.7 Å². The Balaban J connectivity index is 0.00000176. The number of carbonyl (C=O) groups is 1. The van der Waals surface area contributed by atoms with Gasteiger partial charge in [0.15, 0.2) is 5.13 Å². The van der Waals surface area contributed by atoms with E-state index in [1.165, 1.54) is 11.3 Å². The Morgan fingerprint density at radius 1 is 1.50 bits per heavy atom. The van der Waals surface area contributed by atoms with Gasteiger partial charge in [-0.1, -0.05) is 23.5 Å². The van der Waals surface area contributed by atoms with Crippen molar-refractivity contribution in [3.63, 3.8) is 0 Å². The molecule has 2 aromatic rings. The molecular weight excluding hydrogens is 324 g/mol. The molecule has 0 spiro atoms. The molecule has 1 unspecified atom stereocenters. The first-order valence-electron chi connectivity index (χ1n) is 6.94. The molecule has 1 amide bonds. The van der Waals surface area contributed by atoms with E-state index in [2.05, 4.69) is 15.2 Å². The van der Waals surface area contributed by atoms with Crippen molar-refractivity contribution in [1.29, 1.82) is 0 Å². The maximum atomic E-state index is 12.1. The highest BCUT2D eigenvalue weighted by atomic mass is 35.5. The lowest BCUT2D eigenvalue weighted by Gasteiger charge is -2.31. The molecule has 22 heavy (non-hydrogen) atoms. The third-order valence-corrected chi connectivity index (χ3v) is 4.35. The summed E-state index contributed by atoms with van der Waals surface area (Å²) in [7, 11) is 0. The molecule has 8 heteroatoms. The van der Waals surface area contributed by atoms with E-state index in [1.54, 1.807) is 0 Å². The summed E-state index contributed by atoms with van der Waals surface area (Å²) in [4.78, 5) is 18.6. The summed E-state index contributed by atoms with van der Waals surface area (Å²) in [6.45, 7) is 2.90. The van der Waals surface area contributed by atoms with Crippen molar-refractivity contribution in [2.45, 2.75) is 6.10 Å². The van der Waals surface area contributed by atoms with Gasteiger partial charge in [0, 0.05) is 19.6 Å². The lowest BCUT2D eigenvalue weighted by atomic mass is 10.2. The van der Waals surface area contributed by atoms with Crippen LogP contribution >= 0.6 is 23.7 Å². The molecule has 1 aromatic heterocycles. The largest absolute Gasteiger partial charge is 0.374 e. The topological polar surface area (TPSA) is 80.5 Å². The Labute approximate surface area is 139 Å². The third kappa shape index (κ3) is 4.15. The molecule has 0 aliphatic carbocycles. The summed E-state index contributed by atoms with van der Waals surface area (Å²) in [5.74, 6) is -0.0493. The van der Waals surface area contributed by atoms with Crippen LogP contribution < -0.4 is 11.1 Å². The number of carbonyl (C=O) groups excluding carboxylic acids is 1. The van der Waals surface area contributed by atoms with Crippen molar-refractivity contribution in [3.05, 3.63) is 24.3 Å². The summed E-state index contributed by atoms with van der Waals surface area (Å²) in [5, 5.41) is 3.51. The summed E-state index contributed by atoms with van der Waals surface area (Å²) >= 11 is 1.49. The molecule has 0 bridgehead atoms. The van der Waals surface area contributed by atoms with Gasteiger partial charge in [-0.15, -0.1) is 12.4 Å². The Hall–Kier alpha value is -1.25. The molecule has 1 aliphatic heterocycles. The zero-order chi connectivity index (χ0) is 14.7. The molecule has 1 saturated heterocycles. The molecule has 0 radical (unpaired) electrons. The van der Waals surface area contributed by atoms with Gasteiger partial charge in [0.05, 0.1) is 29.5 Å². The predicted molar refractivity (Wildman–Crippen MR) is 90.7 cm³/mol. The fourth-order valence-electron chi connectivity index (χ4n) is 2.35. The average molecular weight is 343 g/mol. The number of aromatic nitrogens is 1. The molecule has 1 atom stereocenters. The number of rotatable bonds is 4. The van der Waals surface area contributed by atoms with Gasteiger partial charge >= 0.3 is 0 Å². The van der Waals surface area contributed by atoms with E-state index in [0.717, 1.165) is 16.8 Å². The number of nitrogens with one attached hydrogen (secondary N) is 1. The number of hydrogen-bond donors (Lipinski definition) is 2. The number of hydrogen-bond acceptors (Lipinski definition) is 6. The summed E-state index contributed by atoms with van der Waals surface area (Å²) in [6.07, 6.45) is 0.0222. The average Bonchev–Trinajstić information content (AvgIpc) is 2.89. The van der Waals surface area contributed by atoms with Crippen LogP contribution in [0.25, 0.3) is 10.2 Å². The van der Waals surface area contributed by atoms with Crippen molar-refractivity contribution in [2.75, 3.05) is 38.1 Å². The van der Waals surface area contributed by atoms with Gasteiger partial charge in [0.1, 0.15) is 0 Å². The maximum Gasteiger partial charge on any atom is 0.240 e. The number of fused-ring (bicyclic) bond motifs is 1. The van der Waals surface area contributed by atoms with Crippen molar-refractivity contribution in [1.82, 2.24) is 9.88 Å². The number of benzene rings is 1. The van der Waals surface area contributed by atoms with Crippen molar-refractivity contribution in [2.24, 2.45) is 5.73 Å². The van der Waals surface area contributed by atoms with E-state index >= 15 is 0 Å². The normalized spacial score (nSPS) is 18.9. The van der Waals surface area contributed by atoms with Crippen LogP contribution in [0.2, 0.25) is 0 Å². The van der Waals surface area contributed by atoms with Crippen LogP contribution in [0.3, 0.4) is 0 Å². The van der Waals surface area contributed by atoms with Gasteiger partial charge in [-0.3, -0.25) is 9.69 Å². The van der Waals surface area contributed by atoms with Crippen molar-refractivity contribution < 1.29 is 9.53 Å². The van der Waals surface area contributed by atoms with Gasteiger partial charge in [-0.2, -0.15) is 0 Å². The second kappa shape index (κ2) is 7.85. The molecule has 2 heterocycles. The number of nitrogens with two attached hydrogens (primary N) is 1. The van der Waals surface area contributed by atoms with Crippen LogP contribution in [0.1, 0.15) is 0 Å². The lowest BCUT2D eigenvalue weighted by Crippen LogP contribution is -2.48. The van der Waals surface area contributed by atoms with E-state index < -0.39 is 0 Å². The van der Waals surface area contributed by atoms with E-state index in [4.69, 9.17) is 10.5 Å². The quantitative estimate of drug-likeness (QED) is 0.875. The number of anilines is 1. The number of thiazole rings is 1. The van der Waals surface area contributed by atoms with Gasteiger partial charge in [-0.25, -0.2) is 4.98 Å². The molecule has 1 fully saturated rings. The monoisotopic (exact) mass is 342 g/mol. The van der Waals surface area contributed by atoms with E-state index in [0.29, 0.717) is 31.4 Å². The summed E-state index contributed by atoms with van der Waals surface area (Å²) in [5.41, 5.74) is 6.51. The molecule has 3 rings (SSSR count). The van der Waals surface area contributed by atoms with E-state index in [1.807, 2.05) is 24.3 Å². The maximum absolute atomic E-state index is 12.1. The highest BCUT2D eigenvalue weighted by Crippen LogP contribution is 2.25. The minimum atomic E-state index is -0.0493. The molecule has 120 valence electrons. The number of nitrogens with zero attached hydrogens (tertiary/aromatic N) is 2. The van der Waals surface area contributed by atoms with Crippen LogP contribution in [-0.2, 0) is 9.53 Å². The number of para-hydroxylation sites is 1. The Morgan fingerprint density at radius 2 is 2.32 bits per heavy atom. The Morgan fingerprint density at radius 3 is 3.09 bits per heavy atom. The van der Waals surface area contributed by atoms with E-state index in [-0.39, 0.29) is 24.4 Å². The fourth-order valence-corrected chi connectivity index (χ4v) is 3.24. The highest BCUT2D eigenvalue weighted by molar-refractivity contribution is 7.22. The first-order chi connectivity index (χ1) is 10.2. The number of amides is 1. The Kier molecular flexibility index (Phi) is 6.10. The minimum Gasteiger partial charge on any atom is -0.374 e. The zero-order valence-corrected chi connectivity index (χ0v) is 13.7. The molecule has 1 aliphatic rings. The molecule has 1 aromatic carbocycles. The van der Waals surface area contributed by atoms with Gasteiger partial charge < -0.3 is 15.8 Å². The second-order valence-electron chi connectivity index (χ2n) is 5.00. The van der Waals surface area contributed by atoms with Crippen LogP contribution in [0.15, 0.2) is 24.3 Å². The number of ether oxygens (including phenoxy) is 1. The second-order valence-corrected chi connectivity index (χ2v) is 6.03. The highest BCUT2D eigenvalue weighted by Gasteiger charge is 2.21. The van der Waals surface area contributed by atoms with Gasteiger partial charge in [0.2, 0.25) is 5.91 Å². The Bertz CT molecular complexity index is 603. The number of halogens is 1. The SMILES string of the molecule is Cl.NCC1CN(CC(=O)Nc2nc3ccccc3s2)CCO1. The molecular formula is C14H19ClN4O2S.